The number of nitrogens with zero attached hydrogens (tertiary/aromatic N) is 1. The van der Waals surface area contributed by atoms with Gasteiger partial charge in [-0.3, -0.25) is 4.79 Å². The van der Waals surface area contributed by atoms with Crippen LogP contribution in [0.15, 0.2) is 54.7 Å². The summed E-state index contributed by atoms with van der Waals surface area (Å²) < 4.78 is 2.02. The van der Waals surface area contributed by atoms with E-state index in [1.807, 2.05) is 60.3 Å². The van der Waals surface area contributed by atoms with Gasteiger partial charge in [-0.2, -0.15) is 0 Å². The molecule has 1 N–H and O–H groups in total. The standard InChI is InChI=1S/C18H16N2O/c1-20-11-14(13-7-3-5-9-17(13)20)18(21)16-10-12-6-2-4-8-15(12)19-16/h2-9,11,16,19H,10H2,1H3. The van der Waals surface area contributed by atoms with Gasteiger partial charge in [-0.05, 0) is 17.7 Å². The van der Waals surface area contributed by atoms with Gasteiger partial charge in [-0.1, -0.05) is 36.4 Å². The van der Waals surface area contributed by atoms with E-state index in [1.165, 1.54) is 5.56 Å². The molecule has 0 radical (unpaired) electrons. The van der Waals surface area contributed by atoms with Gasteiger partial charge in [0.15, 0.2) is 5.78 Å². The minimum absolute atomic E-state index is 0.159. The summed E-state index contributed by atoms with van der Waals surface area (Å²) in [7, 11) is 1.98. The molecule has 0 saturated carbocycles. The van der Waals surface area contributed by atoms with Crippen LogP contribution in [0.5, 0.6) is 0 Å². The Kier molecular flexibility index (Phi) is 2.61. The van der Waals surface area contributed by atoms with E-state index in [1.54, 1.807) is 0 Å². The molecule has 0 saturated heterocycles. The minimum Gasteiger partial charge on any atom is -0.374 e. The zero-order valence-corrected chi connectivity index (χ0v) is 11.8. The van der Waals surface area contributed by atoms with Crippen LogP contribution in [-0.4, -0.2) is 16.4 Å². The fraction of sp³-hybridized carbons (Fsp3) is 0.167. The maximum absolute atomic E-state index is 12.9. The van der Waals surface area contributed by atoms with E-state index < -0.39 is 0 Å². The van der Waals surface area contributed by atoms with Crippen LogP contribution in [0.25, 0.3) is 10.9 Å². The number of benzene rings is 2. The fourth-order valence-electron chi connectivity index (χ4n) is 3.18. The Bertz CT molecular complexity index is 822. The summed E-state index contributed by atoms with van der Waals surface area (Å²) >= 11 is 0. The van der Waals surface area contributed by atoms with E-state index in [2.05, 4.69) is 11.4 Å². The lowest BCUT2D eigenvalue weighted by atomic mass is 10.0. The number of rotatable bonds is 2. The molecule has 21 heavy (non-hydrogen) atoms. The van der Waals surface area contributed by atoms with E-state index >= 15 is 0 Å². The smallest absolute Gasteiger partial charge is 0.187 e. The summed E-state index contributed by atoms with van der Waals surface area (Å²) in [4.78, 5) is 12.9. The monoisotopic (exact) mass is 276 g/mol. The molecule has 0 bridgehead atoms. The lowest BCUT2D eigenvalue weighted by Gasteiger charge is -2.09. The highest BCUT2D eigenvalue weighted by atomic mass is 16.1. The zero-order chi connectivity index (χ0) is 14.4. The van der Waals surface area contributed by atoms with Gasteiger partial charge >= 0.3 is 0 Å². The van der Waals surface area contributed by atoms with Crippen molar-refractivity contribution in [1.82, 2.24) is 4.57 Å². The van der Waals surface area contributed by atoms with Gasteiger partial charge in [0.25, 0.3) is 0 Å². The number of hydrogen-bond acceptors (Lipinski definition) is 2. The van der Waals surface area contributed by atoms with E-state index in [9.17, 15) is 4.79 Å². The third kappa shape index (κ3) is 1.85. The molecule has 3 aromatic rings. The number of aryl methyl sites for hydroxylation is 1. The maximum atomic E-state index is 12.9. The third-order valence-corrected chi connectivity index (χ3v) is 4.25. The second-order valence-corrected chi connectivity index (χ2v) is 5.59. The Morgan fingerprint density at radius 2 is 1.90 bits per heavy atom. The molecule has 3 nitrogen and oxygen atoms in total. The molecular formula is C18H16N2O. The molecule has 2 heterocycles. The first kappa shape index (κ1) is 12.2. The van der Waals surface area contributed by atoms with E-state index in [0.717, 1.165) is 28.6 Å². The van der Waals surface area contributed by atoms with Crippen LogP contribution in [0.4, 0.5) is 5.69 Å². The van der Waals surface area contributed by atoms with Crippen molar-refractivity contribution in [3.05, 3.63) is 65.9 Å². The molecule has 0 amide bonds. The molecule has 0 spiro atoms. The highest BCUT2D eigenvalue weighted by Crippen LogP contribution is 2.29. The Balaban J connectivity index is 1.72. The van der Waals surface area contributed by atoms with Gasteiger partial charge in [-0.25, -0.2) is 0 Å². The Labute approximate surface area is 123 Å². The molecule has 1 aliphatic heterocycles. The van der Waals surface area contributed by atoms with Crippen molar-refractivity contribution in [3.8, 4) is 0 Å². The quantitative estimate of drug-likeness (QED) is 0.728. The highest BCUT2D eigenvalue weighted by Gasteiger charge is 2.28. The van der Waals surface area contributed by atoms with Gasteiger partial charge in [-0.15, -0.1) is 0 Å². The lowest BCUT2D eigenvalue weighted by molar-refractivity contribution is 0.0973. The van der Waals surface area contributed by atoms with Crippen LogP contribution in [-0.2, 0) is 13.5 Å². The molecule has 0 aliphatic carbocycles. The molecule has 2 aromatic carbocycles. The van der Waals surface area contributed by atoms with Crippen LogP contribution in [0, 0.1) is 0 Å². The Morgan fingerprint density at radius 3 is 2.76 bits per heavy atom. The average Bonchev–Trinajstić information content (AvgIpc) is 3.09. The van der Waals surface area contributed by atoms with Gasteiger partial charge in [0.1, 0.15) is 0 Å². The van der Waals surface area contributed by atoms with Crippen molar-refractivity contribution >= 4 is 22.4 Å². The normalized spacial score (nSPS) is 16.7. The minimum atomic E-state index is -0.159. The average molecular weight is 276 g/mol. The van der Waals surface area contributed by atoms with Gasteiger partial charge in [0.05, 0.1) is 6.04 Å². The van der Waals surface area contributed by atoms with Crippen LogP contribution in [0.2, 0.25) is 0 Å². The number of hydrogen-bond donors (Lipinski definition) is 1. The van der Waals surface area contributed by atoms with Crippen molar-refractivity contribution in [2.45, 2.75) is 12.5 Å². The maximum Gasteiger partial charge on any atom is 0.187 e. The molecule has 1 unspecified atom stereocenters. The molecule has 1 aromatic heterocycles. The number of ketones is 1. The van der Waals surface area contributed by atoms with E-state index in [4.69, 9.17) is 0 Å². The van der Waals surface area contributed by atoms with Crippen LogP contribution >= 0.6 is 0 Å². The number of Topliss-reactive ketones (excluding diaryl/α,β-unsaturated/α-hetero) is 1. The van der Waals surface area contributed by atoms with Crippen LogP contribution in [0.3, 0.4) is 0 Å². The van der Waals surface area contributed by atoms with Crippen LogP contribution < -0.4 is 5.32 Å². The van der Waals surface area contributed by atoms with Crippen molar-refractivity contribution in [2.24, 2.45) is 7.05 Å². The number of fused-ring (bicyclic) bond motifs is 2. The molecule has 0 fully saturated rings. The molecule has 4 rings (SSSR count). The first-order valence-electron chi connectivity index (χ1n) is 7.17. The molecule has 104 valence electrons. The summed E-state index contributed by atoms with van der Waals surface area (Å²) in [5.74, 6) is 0.169. The topological polar surface area (TPSA) is 34.0 Å². The second-order valence-electron chi connectivity index (χ2n) is 5.59. The first-order valence-corrected chi connectivity index (χ1v) is 7.17. The van der Waals surface area contributed by atoms with Gasteiger partial charge in [0.2, 0.25) is 0 Å². The summed E-state index contributed by atoms with van der Waals surface area (Å²) in [5.41, 5.74) is 4.20. The second kappa shape index (κ2) is 4.48. The summed E-state index contributed by atoms with van der Waals surface area (Å²) in [6, 6.07) is 16.0. The number of nitrogens with one attached hydrogen (secondary N) is 1. The molecule has 3 heteroatoms. The molecular weight excluding hydrogens is 260 g/mol. The Hall–Kier alpha value is -2.55. The largest absolute Gasteiger partial charge is 0.374 e. The van der Waals surface area contributed by atoms with Crippen molar-refractivity contribution in [3.63, 3.8) is 0 Å². The van der Waals surface area contributed by atoms with Gasteiger partial charge in [0, 0.05) is 41.8 Å². The van der Waals surface area contributed by atoms with Crippen molar-refractivity contribution in [1.29, 1.82) is 0 Å². The van der Waals surface area contributed by atoms with Gasteiger partial charge < -0.3 is 9.88 Å². The summed E-state index contributed by atoms with van der Waals surface area (Å²) in [6.45, 7) is 0. The Morgan fingerprint density at radius 1 is 1.14 bits per heavy atom. The number of aromatic nitrogens is 1. The highest BCUT2D eigenvalue weighted by molar-refractivity contribution is 6.12. The number of carbonyl (C=O) groups excluding carboxylic acids is 1. The van der Waals surface area contributed by atoms with E-state index in [0.29, 0.717) is 0 Å². The van der Waals surface area contributed by atoms with Crippen molar-refractivity contribution in [2.75, 3.05) is 5.32 Å². The predicted molar refractivity (Wildman–Crippen MR) is 84.8 cm³/mol. The zero-order valence-electron chi connectivity index (χ0n) is 11.8. The van der Waals surface area contributed by atoms with Crippen LogP contribution in [0.1, 0.15) is 15.9 Å². The number of anilines is 1. The number of carbonyl (C=O) groups is 1. The predicted octanol–water partition coefficient (Wildman–Crippen LogP) is 3.40. The number of para-hydroxylation sites is 2. The summed E-state index contributed by atoms with van der Waals surface area (Å²) in [5, 5.41) is 4.38. The SMILES string of the molecule is Cn1cc(C(=O)C2Cc3ccccc3N2)c2ccccc21. The lowest BCUT2D eigenvalue weighted by Crippen LogP contribution is -2.26. The first-order chi connectivity index (χ1) is 10.2. The van der Waals surface area contributed by atoms with E-state index in [-0.39, 0.29) is 11.8 Å². The third-order valence-electron chi connectivity index (χ3n) is 4.25. The summed E-state index contributed by atoms with van der Waals surface area (Å²) in [6.07, 6.45) is 2.70. The van der Waals surface area contributed by atoms with Crippen molar-refractivity contribution < 1.29 is 4.79 Å². The molecule has 1 atom stereocenters. The fourth-order valence-corrected chi connectivity index (χ4v) is 3.18. The molecule has 1 aliphatic rings.